The summed E-state index contributed by atoms with van der Waals surface area (Å²) in [6, 6.07) is 4.61. The minimum atomic E-state index is -1.25. The maximum atomic E-state index is 10.7. The Labute approximate surface area is 112 Å². The van der Waals surface area contributed by atoms with Crippen molar-refractivity contribution in [1.82, 2.24) is 0 Å². The molecule has 0 aliphatic carbocycles. The summed E-state index contributed by atoms with van der Waals surface area (Å²) in [5.74, 6) is -0.547. The van der Waals surface area contributed by atoms with Gasteiger partial charge < -0.3 is 21.1 Å². The van der Waals surface area contributed by atoms with Crippen LogP contribution in [0.3, 0.4) is 0 Å². The maximum Gasteiger partial charge on any atom is 0.220 e. The first-order valence-corrected chi connectivity index (χ1v) is 6.10. The third-order valence-electron chi connectivity index (χ3n) is 2.94. The zero-order valence-electron chi connectivity index (χ0n) is 11.4. The van der Waals surface area contributed by atoms with Gasteiger partial charge >= 0.3 is 0 Å². The van der Waals surface area contributed by atoms with Gasteiger partial charge in [-0.15, -0.1) is 0 Å². The average Bonchev–Trinajstić information content (AvgIpc) is 2.26. The summed E-state index contributed by atoms with van der Waals surface area (Å²) in [6.07, 6.45) is -2.78. The molecule has 5 nitrogen and oxygen atoms in total. The zero-order chi connectivity index (χ0) is 14.8. The Morgan fingerprint density at radius 1 is 1.32 bits per heavy atom. The first-order valence-electron chi connectivity index (χ1n) is 6.10. The molecular formula is C14H21NO4. The molecule has 0 heterocycles. The molecule has 19 heavy (non-hydrogen) atoms. The van der Waals surface area contributed by atoms with Crippen molar-refractivity contribution in [1.29, 1.82) is 0 Å². The molecule has 5 N–H and O–H groups in total. The van der Waals surface area contributed by atoms with Crippen molar-refractivity contribution in [3.8, 4) is 5.75 Å². The Balaban J connectivity index is 3.05. The number of primary amides is 1. The molecule has 0 fully saturated rings. The number of phenols is 1. The number of benzene rings is 1. The predicted molar refractivity (Wildman–Crippen MR) is 71.6 cm³/mol. The number of amides is 1. The fourth-order valence-corrected chi connectivity index (χ4v) is 1.88. The molecule has 0 saturated heterocycles. The van der Waals surface area contributed by atoms with Gasteiger partial charge in [-0.1, -0.05) is 26.8 Å². The van der Waals surface area contributed by atoms with Gasteiger partial charge in [-0.25, -0.2) is 0 Å². The summed E-state index contributed by atoms with van der Waals surface area (Å²) in [5, 5.41) is 29.5. The standard InChI is InChI=1S/C14H21NO4/c1-14(2,3)9-6-8(4-5-10(9)16)13(19)11(17)7-12(15)18/h4-6,11,13,16-17,19H,7H2,1-3H3,(H2,15,18). The van der Waals surface area contributed by atoms with Crippen LogP contribution in [0.15, 0.2) is 18.2 Å². The molecule has 0 radical (unpaired) electrons. The van der Waals surface area contributed by atoms with Crippen molar-refractivity contribution in [2.75, 3.05) is 0 Å². The maximum absolute atomic E-state index is 10.7. The topological polar surface area (TPSA) is 104 Å². The fourth-order valence-electron chi connectivity index (χ4n) is 1.88. The van der Waals surface area contributed by atoms with E-state index in [0.717, 1.165) is 0 Å². The molecule has 106 valence electrons. The van der Waals surface area contributed by atoms with Gasteiger partial charge in [0.05, 0.1) is 12.5 Å². The lowest BCUT2D eigenvalue weighted by Crippen LogP contribution is -2.26. The summed E-state index contributed by atoms with van der Waals surface area (Å²) in [4.78, 5) is 10.7. The van der Waals surface area contributed by atoms with Gasteiger partial charge in [0.25, 0.3) is 0 Å². The quantitative estimate of drug-likeness (QED) is 0.652. The van der Waals surface area contributed by atoms with E-state index in [1.54, 1.807) is 6.07 Å². The largest absolute Gasteiger partial charge is 0.508 e. The van der Waals surface area contributed by atoms with Gasteiger partial charge in [-0.2, -0.15) is 0 Å². The lowest BCUT2D eigenvalue weighted by molar-refractivity contribution is -0.121. The predicted octanol–water partition coefficient (Wildman–Crippen LogP) is 0.959. The number of aliphatic hydroxyl groups is 2. The van der Waals surface area contributed by atoms with Crippen molar-refractivity contribution >= 4 is 5.91 Å². The lowest BCUT2D eigenvalue weighted by atomic mass is 9.84. The summed E-state index contributed by atoms with van der Waals surface area (Å²) in [5.41, 5.74) is 5.79. The van der Waals surface area contributed by atoms with Crippen LogP contribution in [0, 0.1) is 0 Å². The van der Waals surface area contributed by atoms with Crippen LogP contribution in [-0.4, -0.2) is 27.3 Å². The first-order chi connectivity index (χ1) is 8.62. The Kier molecular flexibility index (Phi) is 4.55. The van der Waals surface area contributed by atoms with Gasteiger partial charge in [-0.05, 0) is 28.7 Å². The van der Waals surface area contributed by atoms with Crippen LogP contribution in [0.4, 0.5) is 0 Å². The van der Waals surface area contributed by atoms with Crippen molar-refractivity contribution in [2.24, 2.45) is 5.73 Å². The molecule has 1 aromatic rings. The van der Waals surface area contributed by atoms with Crippen LogP contribution in [0.1, 0.15) is 44.4 Å². The number of carbonyl (C=O) groups excluding carboxylic acids is 1. The van der Waals surface area contributed by atoms with E-state index in [4.69, 9.17) is 5.73 Å². The van der Waals surface area contributed by atoms with Crippen LogP contribution < -0.4 is 5.73 Å². The van der Waals surface area contributed by atoms with E-state index >= 15 is 0 Å². The molecule has 1 rings (SSSR count). The molecule has 0 bridgehead atoms. The first kappa shape index (κ1) is 15.5. The number of carbonyl (C=O) groups is 1. The number of hydrogen-bond acceptors (Lipinski definition) is 4. The van der Waals surface area contributed by atoms with Crippen molar-refractivity contribution < 1.29 is 20.1 Å². The Bertz CT molecular complexity index is 465. The van der Waals surface area contributed by atoms with Gasteiger partial charge in [0.15, 0.2) is 0 Å². The second-order valence-electron chi connectivity index (χ2n) is 5.71. The summed E-state index contributed by atoms with van der Waals surface area (Å²) >= 11 is 0. The minimum absolute atomic E-state index is 0.132. The number of phenolic OH excluding ortho intramolecular Hbond substituents is 1. The zero-order valence-corrected chi connectivity index (χ0v) is 11.4. The number of aliphatic hydroxyl groups excluding tert-OH is 2. The van der Waals surface area contributed by atoms with Crippen molar-refractivity contribution in [2.45, 2.75) is 44.8 Å². The highest BCUT2D eigenvalue weighted by molar-refractivity contribution is 5.74. The van der Waals surface area contributed by atoms with E-state index in [1.807, 2.05) is 20.8 Å². The number of nitrogens with two attached hydrogens (primary N) is 1. The van der Waals surface area contributed by atoms with Crippen molar-refractivity contribution in [3.63, 3.8) is 0 Å². The van der Waals surface area contributed by atoms with Crippen LogP contribution in [0.5, 0.6) is 5.75 Å². The monoisotopic (exact) mass is 267 g/mol. The highest BCUT2D eigenvalue weighted by atomic mass is 16.3. The van der Waals surface area contributed by atoms with Gasteiger partial charge in [0.1, 0.15) is 11.9 Å². The number of aromatic hydroxyl groups is 1. The van der Waals surface area contributed by atoms with E-state index in [1.165, 1.54) is 12.1 Å². The molecule has 2 unspecified atom stereocenters. The normalized spacial score (nSPS) is 15.0. The molecule has 0 spiro atoms. The smallest absolute Gasteiger partial charge is 0.220 e. The second kappa shape index (κ2) is 5.59. The van der Waals surface area contributed by atoms with Crippen LogP contribution in [0.25, 0.3) is 0 Å². The molecule has 1 amide bonds. The van der Waals surface area contributed by atoms with E-state index in [9.17, 15) is 20.1 Å². The molecule has 0 saturated carbocycles. The molecule has 1 aromatic carbocycles. The van der Waals surface area contributed by atoms with Gasteiger partial charge in [0, 0.05) is 0 Å². The highest BCUT2D eigenvalue weighted by Gasteiger charge is 2.24. The van der Waals surface area contributed by atoms with Crippen molar-refractivity contribution in [3.05, 3.63) is 29.3 Å². The molecular weight excluding hydrogens is 246 g/mol. The minimum Gasteiger partial charge on any atom is -0.508 e. The van der Waals surface area contributed by atoms with E-state index in [2.05, 4.69) is 0 Å². The lowest BCUT2D eigenvalue weighted by Gasteiger charge is -2.23. The third kappa shape index (κ3) is 3.94. The van der Waals surface area contributed by atoms with E-state index in [0.29, 0.717) is 11.1 Å². The molecule has 0 aliphatic rings. The molecule has 2 atom stereocenters. The van der Waals surface area contributed by atoms with Crippen LogP contribution in [-0.2, 0) is 10.2 Å². The van der Waals surface area contributed by atoms with E-state index < -0.39 is 18.1 Å². The molecule has 0 aromatic heterocycles. The Morgan fingerprint density at radius 2 is 1.89 bits per heavy atom. The van der Waals surface area contributed by atoms with Crippen LogP contribution >= 0.6 is 0 Å². The van der Waals surface area contributed by atoms with Crippen LogP contribution in [0.2, 0.25) is 0 Å². The van der Waals surface area contributed by atoms with Gasteiger partial charge in [-0.3, -0.25) is 4.79 Å². The number of rotatable bonds is 4. The second-order valence-corrected chi connectivity index (χ2v) is 5.71. The fraction of sp³-hybridized carbons (Fsp3) is 0.500. The third-order valence-corrected chi connectivity index (χ3v) is 2.94. The Hall–Kier alpha value is -1.59. The molecule has 0 aliphatic heterocycles. The number of hydrogen-bond donors (Lipinski definition) is 4. The summed E-state index contributed by atoms with van der Waals surface area (Å²) < 4.78 is 0. The van der Waals surface area contributed by atoms with Gasteiger partial charge in [0.2, 0.25) is 5.91 Å². The Morgan fingerprint density at radius 3 is 2.37 bits per heavy atom. The average molecular weight is 267 g/mol. The SMILES string of the molecule is CC(C)(C)c1cc(C(O)C(O)CC(N)=O)ccc1O. The molecule has 5 heteroatoms. The summed E-state index contributed by atoms with van der Waals surface area (Å²) in [6.45, 7) is 5.79. The van der Waals surface area contributed by atoms with E-state index in [-0.39, 0.29) is 17.6 Å². The summed E-state index contributed by atoms with van der Waals surface area (Å²) in [7, 11) is 0. The highest BCUT2D eigenvalue weighted by Crippen LogP contribution is 2.33.